The van der Waals surface area contributed by atoms with Crippen LogP contribution in [0.2, 0.25) is 0 Å². The number of rotatable bonds is 4. The molecule has 4 nitrogen and oxygen atoms in total. The van der Waals surface area contributed by atoms with Crippen molar-refractivity contribution < 1.29 is 4.92 Å². The summed E-state index contributed by atoms with van der Waals surface area (Å²) < 4.78 is 0. The minimum Gasteiger partial charge on any atom is -0.324 e. The minimum atomic E-state index is -0.401. The number of benzene rings is 1. The van der Waals surface area contributed by atoms with Crippen molar-refractivity contribution in [1.82, 2.24) is 0 Å². The molecule has 0 saturated heterocycles. The first-order valence-corrected chi connectivity index (χ1v) is 4.65. The van der Waals surface area contributed by atoms with E-state index in [-0.39, 0.29) is 11.7 Å². The quantitative estimate of drug-likeness (QED) is 0.591. The average Bonchev–Trinajstić information content (AvgIpc) is 2.18. The van der Waals surface area contributed by atoms with Gasteiger partial charge in [0.05, 0.1) is 4.92 Å². The maximum absolute atomic E-state index is 10.5. The van der Waals surface area contributed by atoms with Crippen LogP contribution in [0.3, 0.4) is 0 Å². The van der Waals surface area contributed by atoms with Gasteiger partial charge in [0.2, 0.25) is 0 Å². The van der Waals surface area contributed by atoms with E-state index in [0.29, 0.717) is 0 Å². The first kappa shape index (κ1) is 10.7. The SMILES string of the molecule is CCC[C@H](N)c1cccc([N+](=O)[O-])c1. The summed E-state index contributed by atoms with van der Waals surface area (Å²) in [5, 5.41) is 10.5. The van der Waals surface area contributed by atoms with Crippen LogP contribution in [0.1, 0.15) is 31.4 Å². The number of nitro benzene ring substituents is 1. The van der Waals surface area contributed by atoms with Crippen LogP contribution in [0.5, 0.6) is 0 Å². The predicted octanol–water partition coefficient (Wildman–Crippen LogP) is 2.39. The Morgan fingerprint density at radius 2 is 2.29 bits per heavy atom. The molecule has 0 aliphatic carbocycles. The van der Waals surface area contributed by atoms with E-state index >= 15 is 0 Å². The van der Waals surface area contributed by atoms with E-state index in [1.165, 1.54) is 6.07 Å². The van der Waals surface area contributed by atoms with Crippen LogP contribution in [0, 0.1) is 10.1 Å². The van der Waals surface area contributed by atoms with Crippen molar-refractivity contribution in [3.05, 3.63) is 39.9 Å². The zero-order valence-corrected chi connectivity index (χ0v) is 8.14. The second-order valence-electron chi connectivity index (χ2n) is 3.25. The summed E-state index contributed by atoms with van der Waals surface area (Å²) >= 11 is 0. The molecule has 0 aliphatic heterocycles. The molecule has 2 N–H and O–H groups in total. The van der Waals surface area contributed by atoms with E-state index in [0.717, 1.165) is 18.4 Å². The smallest absolute Gasteiger partial charge is 0.269 e. The molecule has 0 spiro atoms. The highest BCUT2D eigenvalue weighted by atomic mass is 16.6. The molecule has 0 aliphatic rings. The number of non-ortho nitro benzene ring substituents is 1. The van der Waals surface area contributed by atoms with Crippen molar-refractivity contribution in [3.63, 3.8) is 0 Å². The lowest BCUT2D eigenvalue weighted by molar-refractivity contribution is -0.384. The normalized spacial score (nSPS) is 12.4. The first-order valence-electron chi connectivity index (χ1n) is 4.65. The molecule has 0 bridgehead atoms. The molecule has 76 valence electrons. The van der Waals surface area contributed by atoms with Crippen molar-refractivity contribution in [2.75, 3.05) is 0 Å². The second kappa shape index (κ2) is 4.72. The summed E-state index contributed by atoms with van der Waals surface area (Å²) in [5.41, 5.74) is 6.79. The Bertz CT molecular complexity index is 326. The third kappa shape index (κ3) is 2.53. The Morgan fingerprint density at radius 1 is 1.57 bits per heavy atom. The molecule has 1 aromatic carbocycles. The van der Waals surface area contributed by atoms with Gasteiger partial charge >= 0.3 is 0 Å². The molecule has 1 rings (SSSR count). The van der Waals surface area contributed by atoms with Gasteiger partial charge < -0.3 is 5.73 Å². The zero-order chi connectivity index (χ0) is 10.6. The number of nitrogens with two attached hydrogens (primary N) is 1. The third-order valence-electron chi connectivity index (χ3n) is 2.11. The number of hydrogen-bond acceptors (Lipinski definition) is 3. The molecule has 14 heavy (non-hydrogen) atoms. The van der Waals surface area contributed by atoms with Crippen molar-refractivity contribution in [2.24, 2.45) is 5.73 Å². The van der Waals surface area contributed by atoms with Gasteiger partial charge in [-0.3, -0.25) is 10.1 Å². The van der Waals surface area contributed by atoms with Crippen LogP contribution in [-0.2, 0) is 0 Å². The average molecular weight is 194 g/mol. The molecule has 1 atom stereocenters. The number of nitrogens with zero attached hydrogens (tertiary/aromatic N) is 1. The van der Waals surface area contributed by atoms with Gasteiger partial charge in [-0.05, 0) is 12.0 Å². The molecule has 0 radical (unpaired) electrons. The maximum Gasteiger partial charge on any atom is 0.269 e. The van der Waals surface area contributed by atoms with Gasteiger partial charge in [-0.1, -0.05) is 25.5 Å². The molecule has 1 aromatic rings. The lowest BCUT2D eigenvalue weighted by Gasteiger charge is -2.09. The van der Waals surface area contributed by atoms with E-state index in [4.69, 9.17) is 5.73 Å². The van der Waals surface area contributed by atoms with Crippen LogP contribution in [-0.4, -0.2) is 4.92 Å². The number of nitro groups is 1. The maximum atomic E-state index is 10.5. The fourth-order valence-corrected chi connectivity index (χ4v) is 1.35. The zero-order valence-electron chi connectivity index (χ0n) is 8.14. The molecule has 0 aromatic heterocycles. The molecular weight excluding hydrogens is 180 g/mol. The van der Waals surface area contributed by atoms with Gasteiger partial charge in [0, 0.05) is 18.2 Å². The van der Waals surface area contributed by atoms with E-state index < -0.39 is 4.92 Å². The molecule has 4 heteroatoms. The Labute approximate surface area is 82.9 Å². The summed E-state index contributed by atoms with van der Waals surface area (Å²) in [6.45, 7) is 2.04. The van der Waals surface area contributed by atoms with E-state index in [1.54, 1.807) is 12.1 Å². The lowest BCUT2D eigenvalue weighted by Crippen LogP contribution is -2.09. The summed E-state index contributed by atoms with van der Waals surface area (Å²) in [4.78, 5) is 10.1. The van der Waals surface area contributed by atoms with Gasteiger partial charge in [-0.2, -0.15) is 0 Å². The number of hydrogen-bond donors (Lipinski definition) is 1. The van der Waals surface area contributed by atoms with Gasteiger partial charge in [0.15, 0.2) is 0 Å². The Morgan fingerprint density at radius 3 is 2.86 bits per heavy atom. The topological polar surface area (TPSA) is 69.2 Å². The summed E-state index contributed by atoms with van der Waals surface area (Å²) in [5.74, 6) is 0. The van der Waals surface area contributed by atoms with Crippen LogP contribution < -0.4 is 5.73 Å². The lowest BCUT2D eigenvalue weighted by atomic mass is 10.0. The molecular formula is C10H14N2O2. The third-order valence-corrected chi connectivity index (χ3v) is 2.11. The molecule has 0 unspecified atom stereocenters. The fraction of sp³-hybridized carbons (Fsp3) is 0.400. The van der Waals surface area contributed by atoms with Crippen molar-refractivity contribution in [2.45, 2.75) is 25.8 Å². The molecule has 0 fully saturated rings. The summed E-state index contributed by atoms with van der Waals surface area (Å²) in [7, 11) is 0. The Balaban J connectivity index is 2.87. The minimum absolute atomic E-state index is 0.0973. The Hall–Kier alpha value is -1.42. The van der Waals surface area contributed by atoms with Gasteiger partial charge in [-0.15, -0.1) is 0 Å². The molecule has 0 heterocycles. The van der Waals surface area contributed by atoms with E-state index in [2.05, 4.69) is 0 Å². The highest BCUT2D eigenvalue weighted by Crippen LogP contribution is 2.20. The fourth-order valence-electron chi connectivity index (χ4n) is 1.35. The van der Waals surface area contributed by atoms with E-state index in [9.17, 15) is 10.1 Å². The second-order valence-corrected chi connectivity index (χ2v) is 3.25. The van der Waals surface area contributed by atoms with Gasteiger partial charge in [0.25, 0.3) is 5.69 Å². The first-order chi connectivity index (χ1) is 6.65. The standard InChI is InChI=1S/C10H14N2O2/c1-2-4-10(11)8-5-3-6-9(7-8)12(13)14/h3,5-7,10H,2,4,11H2,1H3/t10-/m0/s1. The van der Waals surface area contributed by atoms with Crippen LogP contribution in [0.4, 0.5) is 5.69 Å². The van der Waals surface area contributed by atoms with E-state index in [1.807, 2.05) is 13.0 Å². The van der Waals surface area contributed by atoms with Crippen molar-refractivity contribution in [1.29, 1.82) is 0 Å². The van der Waals surface area contributed by atoms with Crippen molar-refractivity contribution >= 4 is 5.69 Å². The van der Waals surface area contributed by atoms with Crippen molar-refractivity contribution in [3.8, 4) is 0 Å². The van der Waals surface area contributed by atoms with Crippen LogP contribution in [0.25, 0.3) is 0 Å². The predicted molar refractivity (Wildman–Crippen MR) is 54.9 cm³/mol. The molecule has 0 amide bonds. The van der Waals surface area contributed by atoms with Gasteiger partial charge in [0.1, 0.15) is 0 Å². The summed E-state index contributed by atoms with van der Waals surface area (Å²) in [6.07, 6.45) is 1.82. The Kier molecular flexibility index (Phi) is 3.59. The summed E-state index contributed by atoms with van der Waals surface area (Å²) in [6, 6.07) is 6.42. The highest BCUT2D eigenvalue weighted by molar-refractivity contribution is 5.35. The largest absolute Gasteiger partial charge is 0.324 e. The monoisotopic (exact) mass is 194 g/mol. The van der Waals surface area contributed by atoms with Gasteiger partial charge in [-0.25, -0.2) is 0 Å². The molecule has 0 saturated carbocycles. The highest BCUT2D eigenvalue weighted by Gasteiger charge is 2.09. The van der Waals surface area contributed by atoms with Crippen LogP contribution >= 0.6 is 0 Å². The van der Waals surface area contributed by atoms with Crippen LogP contribution in [0.15, 0.2) is 24.3 Å².